The summed E-state index contributed by atoms with van der Waals surface area (Å²) in [5, 5.41) is 3.46. The van der Waals surface area contributed by atoms with Crippen LogP contribution in [0.2, 0.25) is 0 Å². The number of nitrogens with one attached hydrogen (secondary N) is 1. The van der Waals surface area contributed by atoms with E-state index >= 15 is 0 Å². The zero-order valence-corrected chi connectivity index (χ0v) is 12.3. The number of hydrogen-bond donors (Lipinski definition) is 2. The second kappa shape index (κ2) is 6.26. The summed E-state index contributed by atoms with van der Waals surface area (Å²) in [6.45, 7) is 4.36. The summed E-state index contributed by atoms with van der Waals surface area (Å²) in [5.41, 5.74) is 7.72. The molecule has 1 aliphatic heterocycles. The van der Waals surface area contributed by atoms with Gasteiger partial charge in [0.1, 0.15) is 0 Å². The van der Waals surface area contributed by atoms with E-state index in [2.05, 4.69) is 30.4 Å². The number of rotatable bonds is 2. The van der Waals surface area contributed by atoms with Crippen LogP contribution in [0, 0.1) is 13.1 Å². The molecule has 2 rings (SSSR count). The zero-order chi connectivity index (χ0) is 10.7. The van der Waals surface area contributed by atoms with E-state index in [1.165, 1.54) is 0 Å². The van der Waals surface area contributed by atoms with E-state index in [0.29, 0.717) is 6.04 Å². The number of hydrogen-bond acceptors (Lipinski definition) is 3. The third-order valence-electron chi connectivity index (χ3n) is 2.68. The van der Waals surface area contributed by atoms with Gasteiger partial charge in [-0.3, -0.25) is 13.1 Å². The first kappa shape index (κ1) is 13.5. The molecule has 1 aliphatic rings. The van der Waals surface area contributed by atoms with E-state index in [9.17, 15) is 0 Å². The van der Waals surface area contributed by atoms with Gasteiger partial charge in [0, 0.05) is 0 Å². The Morgan fingerprint density at radius 1 is 1.31 bits per heavy atom. The fraction of sp³-hybridized carbons (Fsp3) is 0.333. The minimum Gasteiger partial charge on any atom is -0.607 e. The molecule has 4 heteroatoms. The van der Waals surface area contributed by atoms with Gasteiger partial charge in [-0.05, 0) is 18.2 Å². The quantitative estimate of drug-likeness (QED) is 0.604. The van der Waals surface area contributed by atoms with Gasteiger partial charge in [0.25, 0.3) is 0 Å². The van der Waals surface area contributed by atoms with E-state index in [1.807, 2.05) is 24.3 Å². The van der Waals surface area contributed by atoms with Crippen molar-refractivity contribution in [1.82, 2.24) is 4.90 Å². The first-order chi connectivity index (χ1) is 7.25. The Morgan fingerprint density at radius 3 is 2.56 bits per heavy atom. The molecule has 0 saturated carbocycles. The normalized spacial score (nSPS) is 17.8. The number of likely N-dealkylation sites (tertiary alicyclic amines) is 1. The van der Waals surface area contributed by atoms with Gasteiger partial charge in [-0.1, -0.05) is 19.2 Å². The molecule has 0 amide bonds. The Kier molecular flexibility index (Phi) is 5.30. The monoisotopic (exact) mass is 387 g/mol. The molecule has 0 unspecified atom stereocenters. The van der Waals surface area contributed by atoms with E-state index in [0.717, 1.165) is 24.2 Å². The van der Waals surface area contributed by atoms with Crippen molar-refractivity contribution in [1.29, 1.82) is 0 Å². The van der Waals surface area contributed by atoms with Gasteiger partial charge in [0.2, 0.25) is 0 Å². The maximum atomic E-state index is 5.87. The molecule has 1 saturated heterocycles. The van der Waals surface area contributed by atoms with Gasteiger partial charge >= 0.3 is 21.1 Å². The van der Waals surface area contributed by atoms with Crippen molar-refractivity contribution >= 4 is 11.4 Å². The predicted molar refractivity (Wildman–Crippen MR) is 63.9 cm³/mol. The van der Waals surface area contributed by atoms with Crippen molar-refractivity contribution in [3.05, 3.63) is 37.4 Å². The smallest absolute Gasteiger partial charge is 0.607 e. The molecular formula is C12H17N3W. The predicted octanol–water partition coefficient (Wildman–Crippen LogP) is 2.10. The molecule has 0 atom stereocenters. The summed E-state index contributed by atoms with van der Waals surface area (Å²) < 4.78 is 0. The van der Waals surface area contributed by atoms with Crippen molar-refractivity contribution in [2.24, 2.45) is 0 Å². The molecule has 86 valence electrons. The van der Waals surface area contributed by atoms with Crippen LogP contribution in [0.4, 0.5) is 11.4 Å². The van der Waals surface area contributed by atoms with Crippen LogP contribution in [-0.4, -0.2) is 18.0 Å². The van der Waals surface area contributed by atoms with Crippen molar-refractivity contribution in [2.45, 2.75) is 18.9 Å². The van der Waals surface area contributed by atoms with Crippen LogP contribution in [-0.2, 0) is 21.1 Å². The van der Waals surface area contributed by atoms with Crippen LogP contribution < -0.4 is 11.1 Å². The second-order valence-corrected chi connectivity index (χ2v) is 3.93. The summed E-state index contributed by atoms with van der Waals surface area (Å²) in [7, 11) is 2.06. The van der Waals surface area contributed by atoms with Gasteiger partial charge in [-0.2, -0.15) is 12.8 Å². The maximum absolute atomic E-state index is 5.87. The van der Waals surface area contributed by atoms with Crippen LogP contribution >= 0.6 is 0 Å². The third-order valence-corrected chi connectivity index (χ3v) is 2.68. The van der Waals surface area contributed by atoms with E-state index < -0.39 is 0 Å². The molecule has 16 heavy (non-hydrogen) atoms. The van der Waals surface area contributed by atoms with Crippen LogP contribution in [0.5, 0.6) is 0 Å². The number of nitrogens with two attached hydrogens (primary N) is 1. The zero-order valence-electron chi connectivity index (χ0n) is 9.39. The fourth-order valence-corrected chi connectivity index (χ4v) is 1.72. The van der Waals surface area contributed by atoms with Crippen LogP contribution in [0.25, 0.3) is 0 Å². The number of anilines is 2. The Balaban J connectivity index is 0.00000128. The Labute approximate surface area is 112 Å². The first-order valence-electron chi connectivity index (χ1n) is 5.25. The van der Waals surface area contributed by atoms with Gasteiger partial charge < -0.3 is 16.0 Å². The van der Waals surface area contributed by atoms with Crippen molar-refractivity contribution < 1.29 is 21.1 Å². The molecule has 1 fully saturated rings. The first-order valence-corrected chi connectivity index (χ1v) is 5.25. The van der Waals surface area contributed by atoms with Gasteiger partial charge in [0.05, 0.1) is 11.4 Å². The standard InChI is InChI=1S/C12H17N3.W/c1-15-8-6-10(7-9-15)14-12-5-3-2-4-11(12)13;/h2-5,8-10,14H,6-7,13H2,1H3;/q-2;+2. The van der Waals surface area contributed by atoms with Crippen LogP contribution in [0.3, 0.4) is 0 Å². The third kappa shape index (κ3) is 3.50. The van der Waals surface area contributed by atoms with Crippen LogP contribution in [0.15, 0.2) is 24.3 Å². The molecule has 3 N–H and O–H groups in total. The Morgan fingerprint density at radius 2 is 1.94 bits per heavy atom. The summed E-state index contributed by atoms with van der Waals surface area (Å²) in [4.78, 5) is 2.12. The molecular weight excluding hydrogens is 370 g/mol. The molecule has 1 aromatic carbocycles. The van der Waals surface area contributed by atoms with Gasteiger partial charge in [-0.15, -0.1) is 0 Å². The Bertz CT molecular complexity index is 322. The van der Waals surface area contributed by atoms with Crippen molar-refractivity contribution in [3.63, 3.8) is 0 Å². The minimum atomic E-state index is 0. The maximum Gasteiger partial charge on any atom is 2.00 e. The van der Waals surface area contributed by atoms with E-state index in [4.69, 9.17) is 5.73 Å². The summed E-state index contributed by atoms with van der Waals surface area (Å²) in [5.74, 6) is 0. The van der Waals surface area contributed by atoms with Crippen molar-refractivity contribution in [3.8, 4) is 0 Å². The molecule has 3 nitrogen and oxygen atoms in total. The topological polar surface area (TPSA) is 41.3 Å². The molecule has 0 aliphatic carbocycles. The van der Waals surface area contributed by atoms with Crippen LogP contribution in [0.1, 0.15) is 12.8 Å². The molecule has 0 bridgehead atoms. The number of benzene rings is 1. The van der Waals surface area contributed by atoms with Crippen molar-refractivity contribution in [2.75, 3.05) is 18.1 Å². The Hall–Kier alpha value is -0.532. The number of nitrogens with zero attached hydrogens (tertiary/aromatic N) is 1. The molecule has 1 aromatic rings. The molecule has 0 aromatic heterocycles. The number of para-hydroxylation sites is 2. The second-order valence-electron chi connectivity index (χ2n) is 3.93. The average molecular weight is 387 g/mol. The van der Waals surface area contributed by atoms with E-state index in [-0.39, 0.29) is 21.1 Å². The number of nitrogen functional groups attached to an aromatic ring is 1. The largest absolute Gasteiger partial charge is 2.00 e. The van der Waals surface area contributed by atoms with E-state index in [1.54, 1.807) is 0 Å². The summed E-state index contributed by atoms with van der Waals surface area (Å²) in [6.07, 6.45) is 2.09. The summed E-state index contributed by atoms with van der Waals surface area (Å²) in [6, 6.07) is 8.36. The molecule has 1 heterocycles. The molecule has 0 radical (unpaired) electrons. The molecule has 0 spiro atoms. The van der Waals surface area contributed by atoms with Gasteiger partial charge in [-0.25, -0.2) is 0 Å². The SMILES string of the molecule is CN1[CH-]CC(Nc2ccccc2N)C[CH-]1.[W+2]. The minimum absolute atomic E-state index is 0. The van der Waals surface area contributed by atoms with Gasteiger partial charge in [0.15, 0.2) is 0 Å². The number of piperidine rings is 1. The fourth-order valence-electron chi connectivity index (χ4n) is 1.72. The average Bonchev–Trinajstić information content (AvgIpc) is 2.25. The summed E-state index contributed by atoms with van der Waals surface area (Å²) >= 11 is 0.